The summed E-state index contributed by atoms with van der Waals surface area (Å²) in [4.78, 5) is 2.45. The molecular formula is C35H40F3N5. The Morgan fingerprint density at radius 3 is 2.07 bits per heavy atom. The van der Waals surface area contributed by atoms with Crippen LogP contribution in [0.4, 0.5) is 24.5 Å². The second kappa shape index (κ2) is 12.0. The van der Waals surface area contributed by atoms with E-state index in [1.165, 1.54) is 22.5 Å². The first kappa shape index (κ1) is 28.4. The number of nitrogens with zero attached hydrogens (tertiary/aromatic N) is 1. The van der Waals surface area contributed by atoms with Gasteiger partial charge in [0.2, 0.25) is 0 Å². The Morgan fingerprint density at radius 1 is 0.674 bits per heavy atom. The van der Waals surface area contributed by atoms with E-state index in [9.17, 15) is 13.2 Å². The number of hydrogen-bond donors (Lipinski definition) is 4. The Morgan fingerprint density at radius 2 is 1.35 bits per heavy atom. The molecule has 43 heavy (non-hydrogen) atoms. The molecule has 3 aliphatic rings. The third-order valence-corrected chi connectivity index (χ3v) is 9.59. The number of nitrogens with one attached hydrogen (secondary N) is 4. The Hall–Kier alpha value is -3.33. The minimum absolute atomic E-state index is 0.239. The lowest BCUT2D eigenvalue weighted by Gasteiger charge is -2.34. The van der Waals surface area contributed by atoms with Crippen LogP contribution in [0, 0.1) is 0 Å². The molecule has 4 N–H and O–H groups in total. The fourth-order valence-electron chi connectivity index (χ4n) is 7.39. The molecule has 0 saturated carbocycles. The van der Waals surface area contributed by atoms with Crippen molar-refractivity contribution in [2.75, 3.05) is 62.6 Å². The molecular weight excluding hydrogens is 547 g/mol. The van der Waals surface area contributed by atoms with Crippen molar-refractivity contribution in [2.24, 2.45) is 0 Å². The Labute approximate surface area is 251 Å². The van der Waals surface area contributed by atoms with Gasteiger partial charge in [0.05, 0.1) is 11.3 Å². The van der Waals surface area contributed by atoms with Gasteiger partial charge < -0.3 is 26.2 Å². The second-order valence-electron chi connectivity index (χ2n) is 12.3. The van der Waals surface area contributed by atoms with Gasteiger partial charge >= 0.3 is 6.18 Å². The van der Waals surface area contributed by atoms with Crippen molar-refractivity contribution in [3.63, 3.8) is 0 Å². The molecule has 8 heteroatoms. The van der Waals surface area contributed by atoms with E-state index < -0.39 is 11.7 Å². The number of benzene rings is 4. The number of piperidine rings is 2. The van der Waals surface area contributed by atoms with E-state index in [1.54, 1.807) is 12.1 Å². The molecule has 7 rings (SSSR count). The van der Waals surface area contributed by atoms with Crippen LogP contribution in [0.15, 0.2) is 60.7 Å². The Balaban J connectivity index is 1.45. The standard InChI is InChI=1S/C35H40F3N5/c36-35(37,38)32-8-7-26(23-9-13-39-14-10-23)31-21-24(5-6-27(31)32)30-22-33(42-25-11-15-40-16-12-25)28-3-1-2-4-29(28)34(30)43-19-17-41-18-20-43/h1-8,21-23,25,39-42H,9-20H2. The van der Waals surface area contributed by atoms with Crippen molar-refractivity contribution in [1.82, 2.24) is 16.0 Å². The van der Waals surface area contributed by atoms with Crippen LogP contribution in [0.5, 0.6) is 0 Å². The molecule has 0 aliphatic carbocycles. The van der Waals surface area contributed by atoms with E-state index in [0.717, 1.165) is 106 Å². The first-order valence-corrected chi connectivity index (χ1v) is 15.8. The predicted molar refractivity (Wildman–Crippen MR) is 171 cm³/mol. The highest BCUT2D eigenvalue weighted by molar-refractivity contribution is 6.09. The quantitative estimate of drug-likeness (QED) is 0.209. The number of anilines is 2. The second-order valence-corrected chi connectivity index (χ2v) is 12.3. The van der Waals surface area contributed by atoms with E-state index >= 15 is 0 Å². The van der Waals surface area contributed by atoms with Crippen LogP contribution in [0.1, 0.15) is 42.7 Å². The van der Waals surface area contributed by atoms with Gasteiger partial charge in [0.15, 0.2) is 0 Å². The van der Waals surface area contributed by atoms with E-state index in [2.05, 4.69) is 56.5 Å². The maximum atomic E-state index is 14.2. The summed E-state index contributed by atoms with van der Waals surface area (Å²) in [5, 5.41) is 17.6. The number of halogens is 3. The zero-order valence-corrected chi connectivity index (χ0v) is 24.5. The molecule has 0 spiro atoms. The maximum Gasteiger partial charge on any atom is 0.417 e. The van der Waals surface area contributed by atoms with Gasteiger partial charge in [0.25, 0.3) is 0 Å². The van der Waals surface area contributed by atoms with Crippen LogP contribution in [0.25, 0.3) is 32.7 Å². The lowest BCUT2D eigenvalue weighted by molar-refractivity contribution is -0.136. The third kappa shape index (κ3) is 5.68. The normalized spacial score (nSPS) is 19.3. The lowest BCUT2D eigenvalue weighted by Crippen LogP contribution is -2.43. The summed E-state index contributed by atoms with van der Waals surface area (Å²) in [5.74, 6) is 0.239. The molecule has 4 aromatic carbocycles. The highest BCUT2D eigenvalue weighted by Crippen LogP contribution is 2.45. The summed E-state index contributed by atoms with van der Waals surface area (Å²) in [6.07, 6.45) is -0.445. The van der Waals surface area contributed by atoms with Crippen molar-refractivity contribution in [1.29, 1.82) is 0 Å². The molecule has 0 amide bonds. The van der Waals surface area contributed by atoms with Gasteiger partial charge in [0, 0.05) is 54.2 Å². The molecule has 3 aliphatic heterocycles. The average Bonchev–Trinajstić information content (AvgIpc) is 3.04. The molecule has 3 fully saturated rings. The van der Waals surface area contributed by atoms with Gasteiger partial charge in [-0.25, -0.2) is 0 Å². The molecule has 0 radical (unpaired) electrons. The van der Waals surface area contributed by atoms with Crippen molar-refractivity contribution < 1.29 is 13.2 Å². The van der Waals surface area contributed by atoms with Crippen molar-refractivity contribution >= 4 is 32.9 Å². The molecule has 226 valence electrons. The zero-order valence-electron chi connectivity index (χ0n) is 24.5. The highest BCUT2D eigenvalue weighted by atomic mass is 19.4. The molecule has 3 saturated heterocycles. The summed E-state index contributed by atoms with van der Waals surface area (Å²) in [7, 11) is 0. The van der Waals surface area contributed by atoms with Gasteiger partial charge in [-0.2, -0.15) is 13.2 Å². The Bertz CT molecular complexity index is 1600. The van der Waals surface area contributed by atoms with Gasteiger partial charge in [-0.3, -0.25) is 0 Å². The molecule has 0 atom stereocenters. The van der Waals surface area contributed by atoms with Crippen molar-refractivity contribution in [3.8, 4) is 11.1 Å². The number of piperazine rings is 1. The average molecular weight is 588 g/mol. The minimum Gasteiger partial charge on any atom is -0.382 e. The molecule has 3 heterocycles. The van der Waals surface area contributed by atoms with E-state index in [0.29, 0.717) is 11.4 Å². The first-order valence-electron chi connectivity index (χ1n) is 15.8. The molecule has 0 bridgehead atoms. The monoisotopic (exact) mass is 587 g/mol. The van der Waals surface area contributed by atoms with Crippen molar-refractivity contribution in [3.05, 3.63) is 71.8 Å². The largest absolute Gasteiger partial charge is 0.417 e. The lowest BCUT2D eigenvalue weighted by atomic mass is 9.84. The highest BCUT2D eigenvalue weighted by Gasteiger charge is 2.34. The molecule has 0 aromatic heterocycles. The van der Waals surface area contributed by atoms with Gasteiger partial charge in [0.1, 0.15) is 0 Å². The summed E-state index contributed by atoms with van der Waals surface area (Å²) in [5.41, 5.74) is 4.79. The summed E-state index contributed by atoms with van der Waals surface area (Å²) in [6, 6.07) is 19.9. The van der Waals surface area contributed by atoms with Gasteiger partial charge in [-0.05, 0) is 97.9 Å². The third-order valence-electron chi connectivity index (χ3n) is 9.59. The predicted octanol–water partition coefficient (Wildman–Crippen LogP) is 6.72. The zero-order chi connectivity index (χ0) is 29.4. The van der Waals surface area contributed by atoms with Crippen LogP contribution in [-0.2, 0) is 6.18 Å². The summed E-state index contributed by atoms with van der Waals surface area (Å²) in [6.45, 7) is 7.31. The van der Waals surface area contributed by atoms with Gasteiger partial charge in [-0.15, -0.1) is 0 Å². The van der Waals surface area contributed by atoms with Crippen molar-refractivity contribution in [2.45, 2.75) is 43.8 Å². The van der Waals surface area contributed by atoms with Crippen LogP contribution < -0.4 is 26.2 Å². The Kier molecular flexibility index (Phi) is 7.93. The van der Waals surface area contributed by atoms with E-state index in [-0.39, 0.29) is 5.92 Å². The SMILES string of the molecule is FC(F)(F)c1ccc(C2CCNCC2)c2cc(-c3cc(NC4CCNCC4)c4ccccc4c3N3CCNCC3)ccc12. The van der Waals surface area contributed by atoms with E-state index in [4.69, 9.17) is 0 Å². The topological polar surface area (TPSA) is 51.4 Å². The van der Waals surface area contributed by atoms with Crippen LogP contribution in [0.2, 0.25) is 0 Å². The minimum atomic E-state index is -4.41. The van der Waals surface area contributed by atoms with Gasteiger partial charge in [-0.1, -0.05) is 42.5 Å². The number of hydrogen-bond acceptors (Lipinski definition) is 5. The smallest absolute Gasteiger partial charge is 0.382 e. The fraction of sp³-hybridized carbons (Fsp3) is 0.429. The number of fused-ring (bicyclic) bond motifs is 2. The fourth-order valence-corrected chi connectivity index (χ4v) is 7.39. The molecule has 0 unspecified atom stereocenters. The first-order chi connectivity index (χ1) is 21.0. The van der Waals surface area contributed by atoms with Crippen LogP contribution in [0.3, 0.4) is 0 Å². The maximum absolute atomic E-state index is 14.2. The molecule has 4 aromatic rings. The summed E-state index contributed by atoms with van der Waals surface area (Å²) >= 11 is 0. The number of alkyl halides is 3. The van der Waals surface area contributed by atoms with E-state index in [1.807, 2.05) is 12.1 Å². The molecule has 5 nitrogen and oxygen atoms in total. The number of rotatable bonds is 5. The van der Waals surface area contributed by atoms with Crippen LogP contribution in [-0.4, -0.2) is 58.4 Å². The van der Waals surface area contributed by atoms with Crippen LogP contribution >= 0.6 is 0 Å². The summed E-state index contributed by atoms with van der Waals surface area (Å²) < 4.78 is 42.7.